The Morgan fingerprint density at radius 3 is 2.50 bits per heavy atom. The molecule has 0 saturated heterocycles. The number of para-hydroxylation sites is 1. The first-order chi connectivity index (χ1) is 9.75. The smallest absolute Gasteiger partial charge is 0.0705 e. The van der Waals surface area contributed by atoms with Crippen LogP contribution >= 0.6 is 11.6 Å². The van der Waals surface area contributed by atoms with Crippen LogP contribution in [0.25, 0.3) is 10.9 Å². The minimum absolute atomic E-state index is 0.290. The van der Waals surface area contributed by atoms with E-state index in [2.05, 4.69) is 41.5 Å². The number of hydrogen-bond acceptors (Lipinski definition) is 1. The van der Waals surface area contributed by atoms with Gasteiger partial charge in [0.2, 0.25) is 0 Å². The van der Waals surface area contributed by atoms with Gasteiger partial charge in [-0.15, -0.1) is 0 Å². The fourth-order valence-electron chi connectivity index (χ4n) is 2.40. The lowest BCUT2D eigenvalue weighted by Gasteiger charge is -2.13. The Balaban J connectivity index is 1.76. The van der Waals surface area contributed by atoms with Crippen LogP contribution in [0.2, 0.25) is 5.02 Å². The van der Waals surface area contributed by atoms with Crippen molar-refractivity contribution in [1.82, 2.24) is 10.3 Å². The molecule has 1 aromatic heterocycles. The van der Waals surface area contributed by atoms with Crippen molar-refractivity contribution in [3.05, 3.63) is 70.9 Å². The Bertz CT molecular complexity index is 703. The number of nitrogens with one attached hydrogen (secondary N) is 2. The zero-order valence-electron chi connectivity index (χ0n) is 11.4. The molecule has 1 heterocycles. The van der Waals surface area contributed by atoms with Gasteiger partial charge in [-0.25, -0.2) is 0 Å². The molecule has 102 valence electrons. The molecule has 0 amide bonds. The third kappa shape index (κ3) is 2.58. The van der Waals surface area contributed by atoms with E-state index < -0.39 is 0 Å². The summed E-state index contributed by atoms with van der Waals surface area (Å²) in [5, 5.41) is 5.40. The lowest BCUT2D eigenvalue weighted by molar-refractivity contribution is 0.569. The van der Waals surface area contributed by atoms with Gasteiger partial charge in [0.05, 0.1) is 5.02 Å². The number of rotatable bonds is 4. The Morgan fingerprint density at radius 2 is 1.75 bits per heavy atom. The molecule has 20 heavy (non-hydrogen) atoms. The van der Waals surface area contributed by atoms with E-state index in [1.165, 1.54) is 5.56 Å². The summed E-state index contributed by atoms with van der Waals surface area (Å²) in [7, 11) is 0. The van der Waals surface area contributed by atoms with E-state index in [1.54, 1.807) is 0 Å². The number of benzene rings is 2. The van der Waals surface area contributed by atoms with Gasteiger partial charge in [0.25, 0.3) is 0 Å². The van der Waals surface area contributed by atoms with Gasteiger partial charge in [-0.2, -0.15) is 0 Å². The molecule has 2 aromatic carbocycles. The molecule has 3 rings (SSSR count). The number of hydrogen-bond donors (Lipinski definition) is 2. The first-order valence-corrected chi connectivity index (χ1v) is 7.17. The minimum atomic E-state index is 0.290. The van der Waals surface area contributed by atoms with Crippen molar-refractivity contribution in [2.45, 2.75) is 19.5 Å². The molecule has 0 spiro atoms. The maximum absolute atomic E-state index is 6.42. The van der Waals surface area contributed by atoms with Gasteiger partial charge in [-0.3, -0.25) is 0 Å². The summed E-state index contributed by atoms with van der Waals surface area (Å²) in [6.07, 6.45) is 0. The van der Waals surface area contributed by atoms with Crippen LogP contribution in [0.5, 0.6) is 0 Å². The van der Waals surface area contributed by atoms with Crippen molar-refractivity contribution in [3.63, 3.8) is 0 Å². The van der Waals surface area contributed by atoms with Crippen molar-refractivity contribution in [3.8, 4) is 0 Å². The number of aromatic amines is 1. The third-order valence-corrected chi connectivity index (χ3v) is 4.03. The molecule has 3 heteroatoms. The molecule has 0 aliphatic heterocycles. The number of fused-ring (bicyclic) bond motifs is 1. The summed E-state index contributed by atoms with van der Waals surface area (Å²) in [5.74, 6) is 0. The molecule has 2 nitrogen and oxygen atoms in total. The second-order valence-electron chi connectivity index (χ2n) is 4.98. The summed E-state index contributed by atoms with van der Waals surface area (Å²) < 4.78 is 0. The Kier molecular flexibility index (Phi) is 3.77. The third-order valence-electron chi connectivity index (χ3n) is 3.60. The van der Waals surface area contributed by atoms with Gasteiger partial charge in [0, 0.05) is 29.2 Å². The van der Waals surface area contributed by atoms with Crippen molar-refractivity contribution in [2.75, 3.05) is 0 Å². The Labute approximate surface area is 123 Å². The van der Waals surface area contributed by atoms with Crippen molar-refractivity contribution < 1.29 is 0 Å². The van der Waals surface area contributed by atoms with Crippen molar-refractivity contribution in [1.29, 1.82) is 0 Å². The zero-order chi connectivity index (χ0) is 13.9. The van der Waals surface area contributed by atoms with Crippen LogP contribution in [-0.2, 0) is 6.54 Å². The summed E-state index contributed by atoms with van der Waals surface area (Å²) >= 11 is 6.42. The molecule has 0 bridgehead atoms. The quantitative estimate of drug-likeness (QED) is 0.716. The second kappa shape index (κ2) is 5.70. The van der Waals surface area contributed by atoms with Crippen LogP contribution in [0, 0.1) is 0 Å². The summed E-state index contributed by atoms with van der Waals surface area (Å²) in [5.41, 5.74) is 3.40. The van der Waals surface area contributed by atoms with E-state index in [1.807, 2.05) is 30.3 Å². The van der Waals surface area contributed by atoms with Crippen LogP contribution < -0.4 is 5.32 Å². The SMILES string of the molecule is C[C@@H](NCc1[nH]c2ccccc2c1Cl)c1ccccc1. The van der Waals surface area contributed by atoms with Crippen molar-refractivity contribution in [2.24, 2.45) is 0 Å². The fourth-order valence-corrected chi connectivity index (χ4v) is 2.68. The van der Waals surface area contributed by atoms with Gasteiger partial charge in [0.1, 0.15) is 0 Å². The zero-order valence-corrected chi connectivity index (χ0v) is 12.1. The summed E-state index contributed by atoms with van der Waals surface area (Å²) in [6.45, 7) is 2.88. The lowest BCUT2D eigenvalue weighted by atomic mass is 10.1. The van der Waals surface area contributed by atoms with Crippen LogP contribution in [0.15, 0.2) is 54.6 Å². The van der Waals surface area contributed by atoms with Crippen LogP contribution in [0.4, 0.5) is 0 Å². The summed E-state index contributed by atoms with van der Waals surface area (Å²) in [4.78, 5) is 3.38. The monoisotopic (exact) mass is 284 g/mol. The molecule has 2 N–H and O–H groups in total. The Hall–Kier alpha value is -1.77. The first-order valence-electron chi connectivity index (χ1n) is 6.79. The average molecular weight is 285 g/mol. The van der Waals surface area contributed by atoms with Crippen LogP contribution in [0.3, 0.4) is 0 Å². The van der Waals surface area contributed by atoms with Gasteiger partial charge in [-0.05, 0) is 18.6 Å². The average Bonchev–Trinajstić information content (AvgIpc) is 2.83. The molecule has 0 saturated carbocycles. The number of halogens is 1. The predicted molar refractivity (Wildman–Crippen MR) is 85.0 cm³/mol. The Morgan fingerprint density at radius 1 is 1.05 bits per heavy atom. The van der Waals surface area contributed by atoms with Gasteiger partial charge >= 0.3 is 0 Å². The van der Waals surface area contributed by atoms with E-state index in [0.717, 1.165) is 28.2 Å². The second-order valence-corrected chi connectivity index (χ2v) is 5.35. The highest BCUT2D eigenvalue weighted by molar-refractivity contribution is 6.36. The fraction of sp³-hybridized carbons (Fsp3) is 0.176. The molecule has 1 atom stereocenters. The van der Waals surface area contributed by atoms with E-state index in [9.17, 15) is 0 Å². The highest BCUT2D eigenvalue weighted by Gasteiger charge is 2.10. The molecular weight excluding hydrogens is 268 g/mol. The van der Waals surface area contributed by atoms with Gasteiger partial charge in [-0.1, -0.05) is 60.1 Å². The maximum atomic E-state index is 6.42. The van der Waals surface area contributed by atoms with E-state index in [4.69, 9.17) is 11.6 Å². The number of H-pyrrole nitrogens is 1. The minimum Gasteiger partial charge on any atom is -0.356 e. The molecule has 0 aliphatic rings. The summed E-state index contributed by atoms with van der Waals surface area (Å²) in [6, 6.07) is 18.8. The normalized spacial score (nSPS) is 12.7. The highest BCUT2D eigenvalue weighted by atomic mass is 35.5. The molecule has 0 aliphatic carbocycles. The van der Waals surface area contributed by atoms with Gasteiger partial charge in [0.15, 0.2) is 0 Å². The topological polar surface area (TPSA) is 27.8 Å². The van der Waals surface area contributed by atoms with Crippen molar-refractivity contribution >= 4 is 22.5 Å². The molecule has 0 fully saturated rings. The standard InChI is InChI=1S/C17H17ClN2/c1-12(13-7-3-2-4-8-13)19-11-16-17(18)14-9-5-6-10-15(14)20-16/h2-10,12,19-20H,11H2,1H3/t12-/m1/s1. The van der Waals surface area contributed by atoms with Crippen LogP contribution in [0.1, 0.15) is 24.2 Å². The molecule has 0 unspecified atom stereocenters. The highest BCUT2D eigenvalue weighted by Crippen LogP contribution is 2.27. The van der Waals surface area contributed by atoms with E-state index >= 15 is 0 Å². The molecular formula is C17H17ClN2. The van der Waals surface area contributed by atoms with Crippen LogP contribution in [-0.4, -0.2) is 4.98 Å². The maximum Gasteiger partial charge on any atom is 0.0705 e. The van der Waals surface area contributed by atoms with Gasteiger partial charge < -0.3 is 10.3 Å². The predicted octanol–water partition coefficient (Wildman–Crippen LogP) is 4.67. The first kappa shape index (κ1) is 13.2. The molecule has 3 aromatic rings. The van der Waals surface area contributed by atoms with E-state index in [-0.39, 0.29) is 0 Å². The largest absolute Gasteiger partial charge is 0.356 e. The lowest BCUT2D eigenvalue weighted by Crippen LogP contribution is -2.18. The molecule has 0 radical (unpaired) electrons. The van der Waals surface area contributed by atoms with E-state index in [0.29, 0.717) is 6.04 Å². The number of aromatic nitrogens is 1.